The van der Waals surface area contributed by atoms with Crippen molar-refractivity contribution < 1.29 is 9.72 Å². The Labute approximate surface area is 108 Å². The Balaban J connectivity index is 2.19. The van der Waals surface area contributed by atoms with Crippen molar-refractivity contribution in [1.82, 2.24) is 15.3 Å². The van der Waals surface area contributed by atoms with Crippen LogP contribution in [0.3, 0.4) is 0 Å². The molecule has 0 aliphatic carbocycles. The number of nitro benzene ring substituents is 1. The van der Waals surface area contributed by atoms with Gasteiger partial charge >= 0.3 is 0 Å². The Bertz CT molecular complexity index is 607. The number of H-pyrrole nitrogens is 1. The van der Waals surface area contributed by atoms with Gasteiger partial charge in [-0.15, -0.1) is 0 Å². The molecular formula is C12H12N4O3. The number of hydrogen-bond acceptors (Lipinski definition) is 4. The quantitative estimate of drug-likeness (QED) is 0.643. The lowest BCUT2D eigenvalue weighted by Gasteiger charge is -2.06. The minimum atomic E-state index is -0.541. The maximum atomic E-state index is 12.0. The maximum Gasteiger partial charge on any atom is 0.285 e. The lowest BCUT2D eigenvalue weighted by atomic mass is 10.1. The third-order valence-electron chi connectivity index (χ3n) is 2.66. The summed E-state index contributed by atoms with van der Waals surface area (Å²) in [4.78, 5) is 29.1. The number of hydrogen-bond donors (Lipinski definition) is 2. The molecule has 0 spiro atoms. The zero-order chi connectivity index (χ0) is 13.8. The van der Waals surface area contributed by atoms with Gasteiger partial charge in [-0.3, -0.25) is 14.9 Å². The van der Waals surface area contributed by atoms with Crippen molar-refractivity contribution in [3.63, 3.8) is 0 Å². The van der Waals surface area contributed by atoms with Gasteiger partial charge in [0, 0.05) is 11.8 Å². The lowest BCUT2D eigenvalue weighted by molar-refractivity contribution is -0.385. The topological polar surface area (TPSA) is 101 Å². The second kappa shape index (κ2) is 5.30. The first-order valence-corrected chi connectivity index (χ1v) is 5.59. The third kappa shape index (κ3) is 2.76. The van der Waals surface area contributed by atoms with Gasteiger partial charge in [-0.25, -0.2) is 4.98 Å². The zero-order valence-corrected chi connectivity index (χ0v) is 10.2. The van der Waals surface area contributed by atoms with Gasteiger partial charge in [0.1, 0.15) is 5.56 Å². The molecule has 19 heavy (non-hydrogen) atoms. The van der Waals surface area contributed by atoms with Crippen LogP contribution in [0.1, 0.15) is 21.6 Å². The van der Waals surface area contributed by atoms with E-state index in [2.05, 4.69) is 15.3 Å². The highest BCUT2D eigenvalue weighted by Gasteiger charge is 2.21. The monoisotopic (exact) mass is 260 g/mol. The Kier molecular flexibility index (Phi) is 3.56. The number of amides is 1. The van der Waals surface area contributed by atoms with Crippen LogP contribution in [0.25, 0.3) is 0 Å². The normalized spacial score (nSPS) is 10.2. The van der Waals surface area contributed by atoms with Gasteiger partial charge in [-0.2, -0.15) is 0 Å². The van der Waals surface area contributed by atoms with Gasteiger partial charge in [-0.1, -0.05) is 12.1 Å². The van der Waals surface area contributed by atoms with E-state index in [4.69, 9.17) is 0 Å². The number of nitrogens with one attached hydrogen (secondary N) is 2. The van der Waals surface area contributed by atoms with Gasteiger partial charge in [0.25, 0.3) is 11.6 Å². The highest BCUT2D eigenvalue weighted by atomic mass is 16.6. The average molecular weight is 260 g/mol. The van der Waals surface area contributed by atoms with Crippen molar-refractivity contribution in [2.75, 3.05) is 0 Å². The number of nitrogens with zero attached hydrogens (tertiary/aromatic N) is 2. The molecule has 2 rings (SSSR count). The van der Waals surface area contributed by atoms with Crippen molar-refractivity contribution in [3.05, 3.63) is 57.7 Å². The van der Waals surface area contributed by atoms with Crippen LogP contribution in [0.4, 0.5) is 5.69 Å². The van der Waals surface area contributed by atoms with Crippen LogP contribution in [-0.2, 0) is 6.54 Å². The minimum absolute atomic E-state index is 0.0597. The van der Waals surface area contributed by atoms with Crippen LogP contribution in [0.15, 0.2) is 30.7 Å². The fourth-order valence-corrected chi connectivity index (χ4v) is 1.74. The van der Waals surface area contributed by atoms with Crippen LogP contribution < -0.4 is 5.32 Å². The number of rotatable bonds is 4. The predicted molar refractivity (Wildman–Crippen MR) is 67.6 cm³/mol. The van der Waals surface area contributed by atoms with Crippen molar-refractivity contribution in [1.29, 1.82) is 0 Å². The third-order valence-corrected chi connectivity index (χ3v) is 2.66. The van der Waals surface area contributed by atoms with E-state index in [1.54, 1.807) is 25.3 Å². The fourth-order valence-electron chi connectivity index (χ4n) is 1.74. The summed E-state index contributed by atoms with van der Waals surface area (Å²) in [5.74, 6) is -0.481. The van der Waals surface area contributed by atoms with E-state index < -0.39 is 10.8 Å². The summed E-state index contributed by atoms with van der Waals surface area (Å²) >= 11 is 0. The molecule has 0 radical (unpaired) electrons. The molecule has 0 atom stereocenters. The summed E-state index contributed by atoms with van der Waals surface area (Å²) in [5.41, 5.74) is 1.08. The van der Waals surface area contributed by atoms with Crippen molar-refractivity contribution >= 4 is 11.6 Å². The molecular weight excluding hydrogens is 248 g/mol. The molecule has 0 saturated heterocycles. The highest BCUT2D eigenvalue weighted by Crippen LogP contribution is 2.22. The molecule has 0 aliphatic heterocycles. The molecule has 0 saturated carbocycles. The molecule has 7 nitrogen and oxygen atoms in total. The molecule has 0 aliphatic rings. The zero-order valence-electron chi connectivity index (χ0n) is 10.2. The van der Waals surface area contributed by atoms with Crippen molar-refractivity contribution in [2.45, 2.75) is 13.5 Å². The van der Waals surface area contributed by atoms with Gasteiger partial charge in [0.05, 0.1) is 23.5 Å². The Morgan fingerprint density at radius 2 is 2.32 bits per heavy atom. The van der Waals surface area contributed by atoms with E-state index in [1.165, 1.54) is 12.4 Å². The Hall–Kier alpha value is -2.70. The van der Waals surface area contributed by atoms with Crippen LogP contribution >= 0.6 is 0 Å². The van der Waals surface area contributed by atoms with Crippen LogP contribution in [0.5, 0.6) is 0 Å². The SMILES string of the molecule is Cc1cccc(C(=O)NCc2cnc[nH]2)c1[N+](=O)[O-]. The first-order chi connectivity index (χ1) is 9.09. The lowest BCUT2D eigenvalue weighted by Crippen LogP contribution is -2.24. The first kappa shape index (κ1) is 12.7. The van der Waals surface area contributed by atoms with E-state index in [0.29, 0.717) is 5.56 Å². The average Bonchev–Trinajstić information content (AvgIpc) is 2.88. The van der Waals surface area contributed by atoms with E-state index in [9.17, 15) is 14.9 Å². The molecule has 98 valence electrons. The van der Waals surface area contributed by atoms with E-state index in [1.807, 2.05) is 0 Å². The molecule has 1 heterocycles. The number of nitro groups is 1. The van der Waals surface area contributed by atoms with Gasteiger partial charge in [0.2, 0.25) is 0 Å². The number of para-hydroxylation sites is 1. The number of imidazole rings is 1. The summed E-state index contributed by atoms with van der Waals surface area (Å²) in [6, 6.07) is 4.66. The molecule has 0 bridgehead atoms. The van der Waals surface area contributed by atoms with Gasteiger partial charge < -0.3 is 10.3 Å². The number of aromatic amines is 1. The van der Waals surface area contributed by atoms with E-state index in [0.717, 1.165) is 5.69 Å². The number of benzene rings is 1. The van der Waals surface area contributed by atoms with Crippen LogP contribution in [0, 0.1) is 17.0 Å². The molecule has 1 aromatic heterocycles. The Morgan fingerprint density at radius 1 is 1.53 bits per heavy atom. The number of carbonyl (C=O) groups is 1. The maximum absolute atomic E-state index is 12.0. The highest BCUT2D eigenvalue weighted by molar-refractivity contribution is 5.98. The smallest absolute Gasteiger partial charge is 0.285 e. The second-order valence-electron chi connectivity index (χ2n) is 3.99. The summed E-state index contributed by atoms with van der Waals surface area (Å²) in [6.07, 6.45) is 3.07. The number of aromatic nitrogens is 2. The van der Waals surface area contributed by atoms with Crippen LogP contribution in [0.2, 0.25) is 0 Å². The number of carbonyl (C=O) groups excluding carboxylic acids is 1. The predicted octanol–water partition coefficient (Wildman–Crippen LogP) is 1.56. The molecule has 2 aromatic rings. The van der Waals surface area contributed by atoms with E-state index >= 15 is 0 Å². The molecule has 1 amide bonds. The Morgan fingerprint density at radius 3 is 2.95 bits per heavy atom. The largest absolute Gasteiger partial charge is 0.347 e. The molecule has 1 aromatic carbocycles. The van der Waals surface area contributed by atoms with E-state index in [-0.39, 0.29) is 17.8 Å². The summed E-state index contributed by atoms with van der Waals surface area (Å²) in [5, 5.41) is 13.6. The molecule has 7 heteroatoms. The van der Waals surface area contributed by atoms with Crippen LogP contribution in [-0.4, -0.2) is 20.8 Å². The second-order valence-corrected chi connectivity index (χ2v) is 3.99. The van der Waals surface area contributed by atoms with Gasteiger partial charge in [0.15, 0.2) is 0 Å². The van der Waals surface area contributed by atoms with Gasteiger partial charge in [-0.05, 0) is 13.0 Å². The van der Waals surface area contributed by atoms with Crippen molar-refractivity contribution in [3.8, 4) is 0 Å². The van der Waals surface area contributed by atoms with Crippen molar-refractivity contribution in [2.24, 2.45) is 0 Å². The summed E-state index contributed by atoms with van der Waals surface area (Å²) < 4.78 is 0. The minimum Gasteiger partial charge on any atom is -0.347 e. The standard InChI is InChI=1S/C12H12N4O3/c1-8-3-2-4-10(11(8)16(18)19)12(17)14-6-9-5-13-7-15-9/h2-5,7H,6H2,1H3,(H,13,15)(H,14,17). The molecule has 0 unspecified atom stereocenters. The molecule has 0 fully saturated rings. The molecule has 2 N–H and O–H groups in total. The first-order valence-electron chi connectivity index (χ1n) is 5.59. The fraction of sp³-hybridized carbons (Fsp3) is 0.167. The number of aryl methyl sites for hydroxylation is 1. The summed E-state index contributed by atoms with van der Waals surface area (Å²) in [6.45, 7) is 1.84. The summed E-state index contributed by atoms with van der Waals surface area (Å²) in [7, 11) is 0.